The Kier molecular flexibility index (Phi) is 5.57. The van der Waals surface area contributed by atoms with E-state index in [0.717, 1.165) is 0 Å². The monoisotopic (exact) mass is 310 g/mol. The van der Waals surface area contributed by atoms with E-state index >= 15 is 0 Å². The molecule has 1 aliphatic rings. The molecule has 1 aliphatic heterocycles. The first-order valence-corrected chi connectivity index (χ1v) is 7.10. The van der Waals surface area contributed by atoms with E-state index in [2.05, 4.69) is 10.1 Å². The van der Waals surface area contributed by atoms with Crippen LogP contribution >= 0.6 is 0 Å². The van der Waals surface area contributed by atoms with Crippen molar-refractivity contribution < 1.29 is 23.5 Å². The maximum atomic E-state index is 13.1. The van der Waals surface area contributed by atoms with Crippen LogP contribution in [0.1, 0.15) is 12.8 Å². The highest BCUT2D eigenvalue weighted by molar-refractivity contribution is 5.82. The first-order valence-electron chi connectivity index (χ1n) is 7.10. The molecule has 7 heteroatoms. The fourth-order valence-electron chi connectivity index (χ4n) is 2.29. The lowest BCUT2D eigenvalue weighted by Gasteiger charge is -2.32. The van der Waals surface area contributed by atoms with E-state index in [9.17, 15) is 14.0 Å². The van der Waals surface area contributed by atoms with Crippen LogP contribution in [0.5, 0.6) is 5.75 Å². The highest BCUT2D eigenvalue weighted by atomic mass is 19.1. The van der Waals surface area contributed by atoms with Crippen LogP contribution in [0.4, 0.5) is 9.18 Å². The van der Waals surface area contributed by atoms with E-state index in [1.807, 2.05) is 0 Å². The van der Waals surface area contributed by atoms with Crippen LogP contribution in [-0.4, -0.2) is 49.7 Å². The number of rotatable bonds is 4. The van der Waals surface area contributed by atoms with Gasteiger partial charge in [-0.3, -0.25) is 4.79 Å². The van der Waals surface area contributed by atoms with Crippen molar-refractivity contribution in [1.82, 2.24) is 10.2 Å². The molecule has 0 unspecified atom stereocenters. The minimum Gasteiger partial charge on any atom is -0.490 e. The Morgan fingerprint density at radius 1 is 1.36 bits per heavy atom. The average Bonchev–Trinajstić information content (AvgIpc) is 2.53. The standard InChI is InChI=1S/C15H19FN2O4/c1-21-15(20)17-10-14(19)18-7-5-12(6-8-18)22-13-4-2-3-11(16)9-13/h2-4,9,12H,5-8,10H2,1H3,(H,17,20). The molecule has 0 saturated carbocycles. The molecule has 2 rings (SSSR count). The smallest absolute Gasteiger partial charge is 0.407 e. The van der Waals surface area contributed by atoms with Gasteiger partial charge in [0.1, 0.15) is 24.2 Å². The van der Waals surface area contributed by atoms with Gasteiger partial charge in [-0.25, -0.2) is 9.18 Å². The Hall–Kier alpha value is -2.31. The summed E-state index contributed by atoms with van der Waals surface area (Å²) >= 11 is 0. The summed E-state index contributed by atoms with van der Waals surface area (Å²) in [6.07, 6.45) is 0.665. The predicted molar refractivity (Wildman–Crippen MR) is 77.0 cm³/mol. The molecule has 1 aromatic rings. The van der Waals surface area contributed by atoms with Crippen LogP contribution in [0.2, 0.25) is 0 Å². The fraction of sp³-hybridized carbons (Fsp3) is 0.467. The Bertz CT molecular complexity index is 530. The molecule has 0 atom stereocenters. The van der Waals surface area contributed by atoms with E-state index < -0.39 is 6.09 Å². The van der Waals surface area contributed by atoms with Crippen molar-refractivity contribution in [2.24, 2.45) is 0 Å². The summed E-state index contributed by atoms with van der Waals surface area (Å²) < 4.78 is 23.2. The number of alkyl carbamates (subject to hydrolysis) is 1. The van der Waals surface area contributed by atoms with Gasteiger partial charge in [0.25, 0.3) is 0 Å². The molecule has 6 nitrogen and oxygen atoms in total. The summed E-state index contributed by atoms with van der Waals surface area (Å²) in [7, 11) is 1.25. The molecule has 1 saturated heterocycles. The van der Waals surface area contributed by atoms with Crippen molar-refractivity contribution >= 4 is 12.0 Å². The molecule has 2 amide bonds. The van der Waals surface area contributed by atoms with Gasteiger partial charge < -0.3 is 19.7 Å². The third-order valence-corrected chi connectivity index (χ3v) is 3.46. The Morgan fingerprint density at radius 2 is 2.09 bits per heavy atom. The van der Waals surface area contributed by atoms with Crippen molar-refractivity contribution in [1.29, 1.82) is 0 Å². The molecular weight excluding hydrogens is 291 g/mol. The zero-order valence-corrected chi connectivity index (χ0v) is 12.4. The molecule has 120 valence electrons. The zero-order valence-electron chi connectivity index (χ0n) is 12.4. The minimum absolute atomic E-state index is 0.0422. The second kappa shape index (κ2) is 7.63. The van der Waals surface area contributed by atoms with Crippen LogP contribution in [0.3, 0.4) is 0 Å². The fourth-order valence-corrected chi connectivity index (χ4v) is 2.29. The van der Waals surface area contributed by atoms with Gasteiger partial charge >= 0.3 is 6.09 Å². The van der Waals surface area contributed by atoms with E-state index in [1.54, 1.807) is 17.0 Å². The summed E-state index contributed by atoms with van der Waals surface area (Å²) in [5.74, 6) is 0.00531. The van der Waals surface area contributed by atoms with Crippen LogP contribution in [0.25, 0.3) is 0 Å². The number of carbonyl (C=O) groups excluding carboxylic acids is 2. The molecule has 22 heavy (non-hydrogen) atoms. The van der Waals surface area contributed by atoms with Crippen LogP contribution in [0, 0.1) is 5.82 Å². The second-order valence-corrected chi connectivity index (χ2v) is 5.00. The Morgan fingerprint density at radius 3 is 2.73 bits per heavy atom. The number of amides is 2. The van der Waals surface area contributed by atoms with E-state index in [0.29, 0.717) is 31.7 Å². The number of nitrogens with one attached hydrogen (secondary N) is 1. The summed E-state index contributed by atoms with van der Waals surface area (Å²) in [5, 5.41) is 2.36. The first kappa shape index (κ1) is 16.1. The number of benzene rings is 1. The van der Waals surface area contributed by atoms with E-state index in [1.165, 1.54) is 19.2 Å². The highest BCUT2D eigenvalue weighted by Gasteiger charge is 2.24. The Balaban J connectivity index is 1.75. The number of methoxy groups -OCH3 is 1. The summed E-state index contributed by atoms with van der Waals surface area (Å²) in [4.78, 5) is 24.5. The molecule has 1 aromatic carbocycles. The average molecular weight is 310 g/mol. The molecule has 1 N–H and O–H groups in total. The van der Waals surface area contributed by atoms with Gasteiger partial charge in [-0.05, 0) is 12.1 Å². The summed E-state index contributed by atoms with van der Waals surface area (Å²) in [6.45, 7) is 1.01. The van der Waals surface area contributed by atoms with Gasteiger partial charge in [0.05, 0.1) is 7.11 Å². The second-order valence-electron chi connectivity index (χ2n) is 5.00. The van der Waals surface area contributed by atoms with Crippen LogP contribution < -0.4 is 10.1 Å². The maximum Gasteiger partial charge on any atom is 0.407 e. The van der Waals surface area contributed by atoms with Gasteiger partial charge in [0.2, 0.25) is 5.91 Å². The van der Waals surface area contributed by atoms with Crippen molar-refractivity contribution in [3.63, 3.8) is 0 Å². The Labute approximate surface area is 128 Å². The number of nitrogens with zero attached hydrogens (tertiary/aromatic N) is 1. The lowest BCUT2D eigenvalue weighted by atomic mass is 10.1. The quantitative estimate of drug-likeness (QED) is 0.916. The van der Waals surface area contributed by atoms with Crippen molar-refractivity contribution in [2.45, 2.75) is 18.9 Å². The molecule has 1 fully saturated rings. The molecular formula is C15H19FN2O4. The number of piperidine rings is 1. The number of hydrogen-bond acceptors (Lipinski definition) is 4. The van der Waals surface area contributed by atoms with Gasteiger partial charge in [0, 0.05) is 32.0 Å². The lowest BCUT2D eigenvalue weighted by molar-refractivity contribution is -0.131. The van der Waals surface area contributed by atoms with E-state index in [4.69, 9.17) is 4.74 Å². The number of hydrogen-bond donors (Lipinski definition) is 1. The summed E-state index contributed by atoms with van der Waals surface area (Å²) in [6, 6.07) is 6.02. The number of halogens is 1. The van der Waals surface area contributed by atoms with Gasteiger partial charge in [0.15, 0.2) is 0 Å². The third-order valence-electron chi connectivity index (χ3n) is 3.46. The molecule has 0 spiro atoms. The molecule has 0 bridgehead atoms. The van der Waals surface area contributed by atoms with E-state index in [-0.39, 0.29) is 24.4 Å². The maximum absolute atomic E-state index is 13.1. The molecule has 1 heterocycles. The van der Waals surface area contributed by atoms with Gasteiger partial charge in [-0.2, -0.15) is 0 Å². The van der Waals surface area contributed by atoms with Crippen molar-refractivity contribution in [3.05, 3.63) is 30.1 Å². The van der Waals surface area contributed by atoms with Crippen molar-refractivity contribution in [3.8, 4) is 5.75 Å². The number of likely N-dealkylation sites (tertiary alicyclic amines) is 1. The minimum atomic E-state index is -0.627. The number of ether oxygens (including phenoxy) is 2. The van der Waals surface area contributed by atoms with Gasteiger partial charge in [-0.1, -0.05) is 6.07 Å². The lowest BCUT2D eigenvalue weighted by Crippen LogP contribution is -2.46. The molecule has 0 aliphatic carbocycles. The molecule has 0 radical (unpaired) electrons. The van der Waals surface area contributed by atoms with Crippen molar-refractivity contribution in [2.75, 3.05) is 26.7 Å². The van der Waals surface area contributed by atoms with Gasteiger partial charge in [-0.15, -0.1) is 0 Å². The highest BCUT2D eigenvalue weighted by Crippen LogP contribution is 2.19. The SMILES string of the molecule is COC(=O)NCC(=O)N1CCC(Oc2cccc(F)c2)CC1. The topological polar surface area (TPSA) is 67.9 Å². The third kappa shape index (κ3) is 4.61. The van der Waals surface area contributed by atoms with Crippen LogP contribution in [0.15, 0.2) is 24.3 Å². The largest absolute Gasteiger partial charge is 0.490 e. The van der Waals surface area contributed by atoms with Crippen LogP contribution in [-0.2, 0) is 9.53 Å². The zero-order chi connectivity index (χ0) is 15.9. The molecule has 0 aromatic heterocycles. The normalized spacial score (nSPS) is 15.3. The summed E-state index contributed by atoms with van der Waals surface area (Å²) in [5.41, 5.74) is 0. The predicted octanol–water partition coefficient (Wildman–Crippen LogP) is 1.55. The first-order chi connectivity index (χ1) is 10.6. The number of carbonyl (C=O) groups is 2.